The van der Waals surface area contributed by atoms with Gasteiger partial charge in [0, 0.05) is 45.6 Å². The number of nitrogens with zero attached hydrogens (tertiary/aromatic N) is 1. The Bertz CT molecular complexity index is 1090. The first-order valence-corrected chi connectivity index (χ1v) is 10.5. The van der Waals surface area contributed by atoms with Gasteiger partial charge in [-0.3, -0.25) is 9.59 Å². The fourth-order valence-electron chi connectivity index (χ4n) is 4.32. The van der Waals surface area contributed by atoms with Crippen LogP contribution in [0.3, 0.4) is 0 Å². The van der Waals surface area contributed by atoms with Gasteiger partial charge in [0.25, 0.3) is 5.91 Å². The van der Waals surface area contributed by atoms with Crippen molar-refractivity contribution in [3.8, 4) is 0 Å². The number of nitrogens with one attached hydrogen (secondary N) is 2. The van der Waals surface area contributed by atoms with Crippen molar-refractivity contribution < 1.29 is 9.59 Å². The molecule has 0 bridgehead atoms. The molecule has 5 nitrogen and oxygen atoms in total. The predicted octanol–water partition coefficient (Wildman–Crippen LogP) is 4.90. The number of pyridine rings is 1. The number of carbonyl (C=O) groups is 2. The van der Waals surface area contributed by atoms with Crippen molar-refractivity contribution in [2.45, 2.75) is 39.5 Å². The lowest BCUT2D eigenvalue weighted by atomic mass is 9.73. The molecule has 2 atom stereocenters. The molecule has 0 radical (unpaired) electrons. The largest absolute Gasteiger partial charge is 0.362 e. The molecule has 2 aliphatic rings. The van der Waals surface area contributed by atoms with Crippen LogP contribution >= 0.6 is 11.6 Å². The maximum Gasteiger partial charge on any atom is 0.255 e. The van der Waals surface area contributed by atoms with Crippen molar-refractivity contribution in [2.75, 3.05) is 5.32 Å². The van der Waals surface area contributed by atoms with E-state index in [2.05, 4.69) is 22.5 Å². The minimum absolute atomic E-state index is 0.0858. The summed E-state index contributed by atoms with van der Waals surface area (Å²) in [6.45, 7) is 5.83. The average molecular weight is 422 g/mol. The predicted molar refractivity (Wildman–Crippen MR) is 118 cm³/mol. The number of allylic oxidation sites excluding steroid dienone is 3. The van der Waals surface area contributed by atoms with Crippen molar-refractivity contribution in [2.24, 2.45) is 5.92 Å². The Kier molecular flexibility index (Phi) is 5.48. The quantitative estimate of drug-likeness (QED) is 0.739. The molecule has 0 fully saturated rings. The Hall–Kier alpha value is -2.92. The van der Waals surface area contributed by atoms with Gasteiger partial charge in [-0.15, -0.1) is 0 Å². The number of hydrogen-bond donors (Lipinski definition) is 2. The van der Waals surface area contributed by atoms with Gasteiger partial charge in [-0.05, 0) is 56.0 Å². The molecule has 30 heavy (non-hydrogen) atoms. The number of aromatic nitrogens is 1. The van der Waals surface area contributed by atoms with E-state index < -0.39 is 5.92 Å². The summed E-state index contributed by atoms with van der Waals surface area (Å²) < 4.78 is 0. The van der Waals surface area contributed by atoms with Gasteiger partial charge < -0.3 is 10.6 Å². The fourth-order valence-corrected chi connectivity index (χ4v) is 4.45. The molecule has 1 aromatic heterocycles. The van der Waals surface area contributed by atoms with Crippen LogP contribution in [-0.4, -0.2) is 16.7 Å². The summed E-state index contributed by atoms with van der Waals surface area (Å²) in [6, 6.07) is 12.8. The van der Waals surface area contributed by atoms with E-state index in [4.69, 9.17) is 11.6 Å². The molecule has 2 heterocycles. The van der Waals surface area contributed by atoms with Crippen LogP contribution in [0, 0.1) is 12.8 Å². The number of halogens is 1. The van der Waals surface area contributed by atoms with Crippen molar-refractivity contribution >= 4 is 29.1 Å². The van der Waals surface area contributed by atoms with E-state index in [1.807, 2.05) is 38.1 Å². The number of benzene rings is 1. The highest BCUT2D eigenvalue weighted by Gasteiger charge is 2.39. The summed E-state index contributed by atoms with van der Waals surface area (Å²) in [5.74, 6) is 0.134. The summed E-state index contributed by atoms with van der Waals surface area (Å²) in [4.78, 5) is 30.8. The first-order chi connectivity index (χ1) is 14.3. The van der Waals surface area contributed by atoms with Gasteiger partial charge in [0.15, 0.2) is 5.78 Å². The number of aryl methyl sites for hydroxylation is 1. The first kappa shape index (κ1) is 20.4. The van der Waals surface area contributed by atoms with Crippen LogP contribution in [0.1, 0.15) is 43.9 Å². The highest BCUT2D eigenvalue weighted by molar-refractivity contribution is 6.30. The van der Waals surface area contributed by atoms with E-state index >= 15 is 0 Å². The van der Waals surface area contributed by atoms with Crippen LogP contribution in [0.25, 0.3) is 0 Å². The molecule has 1 aliphatic heterocycles. The van der Waals surface area contributed by atoms with E-state index in [1.165, 1.54) is 0 Å². The Labute approximate surface area is 181 Å². The average Bonchev–Trinajstić information content (AvgIpc) is 2.67. The number of Topliss-reactive ketones (excluding diaryl/α,β-unsaturated/α-hetero) is 1. The van der Waals surface area contributed by atoms with Crippen LogP contribution in [0.15, 0.2) is 65.0 Å². The second-order valence-electron chi connectivity index (χ2n) is 8.10. The zero-order chi connectivity index (χ0) is 21.4. The normalized spacial score (nSPS) is 21.3. The van der Waals surface area contributed by atoms with Gasteiger partial charge in [0.05, 0.1) is 0 Å². The number of hydrogen-bond acceptors (Lipinski definition) is 4. The van der Waals surface area contributed by atoms with E-state index in [0.29, 0.717) is 28.4 Å². The third-order valence-corrected chi connectivity index (χ3v) is 5.86. The molecule has 0 saturated carbocycles. The summed E-state index contributed by atoms with van der Waals surface area (Å²) in [7, 11) is 0. The molecule has 1 aromatic carbocycles. The summed E-state index contributed by atoms with van der Waals surface area (Å²) in [6.07, 6.45) is 1.27. The van der Waals surface area contributed by atoms with Gasteiger partial charge in [-0.25, -0.2) is 4.98 Å². The summed E-state index contributed by atoms with van der Waals surface area (Å²) in [5, 5.41) is 6.87. The van der Waals surface area contributed by atoms with E-state index in [9.17, 15) is 9.59 Å². The second-order valence-corrected chi connectivity index (χ2v) is 8.53. The van der Waals surface area contributed by atoms with Crippen LogP contribution in [0.4, 0.5) is 5.82 Å². The topological polar surface area (TPSA) is 71.1 Å². The number of anilines is 1. The lowest BCUT2D eigenvalue weighted by molar-refractivity contribution is -0.117. The number of rotatable bonds is 3. The molecule has 4 rings (SSSR count). The van der Waals surface area contributed by atoms with Gasteiger partial charge in [-0.1, -0.05) is 36.7 Å². The van der Waals surface area contributed by atoms with E-state index in [1.54, 1.807) is 18.2 Å². The molecule has 6 heteroatoms. The Balaban J connectivity index is 1.79. The standard InChI is InChI=1S/C24H24ClN3O2/c1-13-11-18-23(19(29)12-13)22(16-7-9-17(25)10-8-16)21(15(3)27-18)24(30)28-20-6-4-5-14(2)26-20/h4-10,13,22,27H,11-12H2,1-3H3,(H,26,28,30)/t13-,22-/m1/s1. The number of carbonyl (C=O) groups excluding carboxylic acids is 2. The Morgan fingerprint density at radius 1 is 1.13 bits per heavy atom. The Morgan fingerprint density at radius 3 is 2.57 bits per heavy atom. The van der Waals surface area contributed by atoms with Crippen molar-refractivity contribution in [1.29, 1.82) is 0 Å². The molecule has 1 amide bonds. The van der Waals surface area contributed by atoms with Gasteiger partial charge in [0.2, 0.25) is 0 Å². The van der Waals surface area contributed by atoms with Gasteiger partial charge >= 0.3 is 0 Å². The molecule has 0 unspecified atom stereocenters. The minimum Gasteiger partial charge on any atom is -0.362 e. The monoisotopic (exact) mass is 421 g/mol. The molecule has 0 saturated heterocycles. The van der Waals surface area contributed by atoms with Crippen molar-refractivity contribution in [3.05, 3.63) is 81.3 Å². The van der Waals surface area contributed by atoms with Crippen LogP contribution in [0.2, 0.25) is 5.02 Å². The van der Waals surface area contributed by atoms with Gasteiger partial charge in [-0.2, -0.15) is 0 Å². The third kappa shape index (κ3) is 3.90. The van der Waals surface area contributed by atoms with Gasteiger partial charge in [0.1, 0.15) is 5.82 Å². The van der Waals surface area contributed by atoms with Crippen LogP contribution < -0.4 is 10.6 Å². The first-order valence-electron chi connectivity index (χ1n) is 10.1. The highest BCUT2D eigenvalue weighted by Crippen LogP contribution is 2.43. The molecular formula is C24H24ClN3O2. The highest BCUT2D eigenvalue weighted by atomic mass is 35.5. The van der Waals surface area contributed by atoms with Crippen LogP contribution in [-0.2, 0) is 9.59 Å². The second kappa shape index (κ2) is 8.07. The van der Waals surface area contributed by atoms with E-state index in [-0.39, 0.29) is 17.6 Å². The molecule has 0 spiro atoms. The fraction of sp³-hybridized carbons (Fsp3) is 0.292. The van der Waals surface area contributed by atoms with Crippen LogP contribution in [0.5, 0.6) is 0 Å². The molecule has 154 valence electrons. The molecule has 2 aromatic rings. The third-order valence-electron chi connectivity index (χ3n) is 5.61. The van der Waals surface area contributed by atoms with E-state index in [0.717, 1.165) is 29.1 Å². The summed E-state index contributed by atoms with van der Waals surface area (Å²) >= 11 is 6.09. The molecule has 1 aliphatic carbocycles. The van der Waals surface area contributed by atoms with Crippen molar-refractivity contribution in [3.63, 3.8) is 0 Å². The smallest absolute Gasteiger partial charge is 0.255 e. The zero-order valence-electron chi connectivity index (χ0n) is 17.3. The summed E-state index contributed by atoms with van der Waals surface area (Å²) in [5.41, 5.74) is 4.57. The minimum atomic E-state index is -0.441. The lowest BCUT2D eigenvalue weighted by Crippen LogP contribution is -2.37. The number of amides is 1. The number of dihydropyridines is 1. The lowest BCUT2D eigenvalue weighted by Gasteiger charge is -2.36. The maximum absolute atomic E-state index is 13.4. The maximum atomic E-state index is 13.4. The Morgan fingerprint density at radius 2 is 1.87 bits per heavy atom. The molecule has 2 N–H and O–H groups in total. The van der Waals surface area contributed by atoms with Crippen molar-refractivity contribution in [1.82, 2.24) is 10.3 Å². The number of ketones is 1. The zero-order valence-corrected chi connectivity index (χ0v) is 18.0. The SMILES string of the molecule is CC1=C(C(=O)Nc2cccc(C)n2)[C@@H](c2ccc(Cl)cc2)C2=C(C[C@@H](C)CC2=O)N1. The molecular weight excluding hydrogens is 398 g/mol.